The molecule has 2 aromatic carbocycles. The Labute approximate surface area is 211 Å². The van der Waals surface area contributed by atoms with E-state index in [0.29, 0.717) is 0 Å². The number of fused-ring (bicyclic) bond motifs is 1. The number of anilines is 1. The normalized spacial score (nSPS) is 16.6. The van der Waals surface area contributed by atoms with Crippen molar-refractivity contribution in [3.63, 3.8) is 0 Å². The SMILES string of the molecule is C=C(/C=C/C=C/C=C/C=C1/N(C)c2ccc(OC)cc2C1(C)C)C(C)(C)c1cc(OC)ccc1C. The lowest BCUT2D eigenvalue weighted by molar-refractivity contribution is 0.413. The number of nitrogens with zero attached hydrogens (tertiary/aromatic N) is 1. The fourth-order valence-corrected chi connectivity index (χ4v) is 4.74. The molecule has 35 heavy (non-hydrogen) atoms. The van der Waals surface area contributed by atoms with Gasteiger partial charge in [0.2, 0.25) is 0 Å². The number of hydrogen-bond donors (Lipinski definition) is 0. The predicted molar refractivity (Wildman–Crippen MR) is 150 cm³/mol. The van der Waals surface area contributed by atoms with Crippen LogP contribution in [-0.4, -0.2) is 21.3 Å². The van der Waals surface area contributed by atoms with Crippen molar-refractivity contribution in [2.75, 3.05) is 26.2 Å². The number of aryl methyl sites for hydroxylation is 1. The Morgan fingerprint density at radius 1 is 0.914 bits per heavy atom. The minimum Gasteiger partial charge on any atom is -0.497 e. The quantitative estimate of drug-likeness (QED) is 0.368. The van der Waals surface area contributed by atoms with Gasteiger partial charge >= 0.3 is 0 Å². The topological polar surface area (TPSA) is 21.7 Å². The third-order valence-electron chi connectivity index (χ3n) is 7.16. The summed E-state index contributed by atoms with van der Waals surface area (Å²) in [5, 5.41) is 0. The van der Waals surface area contributed by atoms with E-state index in [1.807, 2.05) is 30.4 Å². The van der Waals surface area contributed by atoms with E-state index in [9.17, 15) is 0 Å². The third kappa shape index (κ3) is 5.30. The molecule has 3 heteroatoms. The van der Waals surface area contributed by atoms with Crippen LogP contribution in [0.4, 0.5) is 5.69 Å². The Morgan fingerprint density at radius 2 is 1.51 bits per heavy atom. The van der Waals surface area contributed by atoms with Crippen molar-refractivity contribution < 1.29 is 9.47 Å². The van der Waals surface area contributed by atoms with Gasteiger partial charge in [-0.3, -0.25) is 0 Å². The van der Waals surface area contributed by atoms with Crippen LogP contribution in [0.3, 0.4) is 0 Å². The highest BCUT2D eigenvalue weighted by Crippen LogP contribution is 2.48. The summed E-state index contributed by atoms with van der Waals surface area (Å²) in [7, 11) is 5.53. The summed E-state index contributed by atoms with van der Waals surface area (Å²) in [5.41, 5.74) is 6.98. The molecule has 0 N–H and O–H groups in total. The highest BCUT2D eigenvalue weighted by Gasteiger charge is 2.38. The second kappa shape index (κ2) is 10.4. The first kappa shape index (κ1) is 26.2. The number of methoxy groups -OCH3 is 2. The lowest BCUT2D eigenvalue weighted by atomic mass is 9.76. The van der Waals surface area contributed by atoms with Crippen LogP contribution in [0.25, 0.3) is 0 Å². The average molecular weight is 470 g/mol. The van der Waals surface area contributed by atoms with Crippen LogP contribution < -0.4 is 14.4 Å². The molecule has 0 radical (unpaired) electrons. The molecule has 0 aromatic heterocycles. The highest BCUT2D eigenvalue weighted by atomic mass is 16.5. The zero-order valence-electron chi connectivity index (χ0n) is 22.5. The van der Waals surface area contributed by atoms with Gasteiger partial charge in [0.25, 0.3) is 0 Å². The highest BCUT2D eigenvalue weighted by molar-refractivity contribution is 5.71. The molecule has 184 valence electrons. The van der Waals surface area contributed by atoms with Crippen molar-refractivity contribution in [3.8, 4) is 11.5 Å². The minimum absolute atomic E-state index is 0.0891. The number of likely N-dealkylation sites (N-methyl/N-ethyl adjacent to an activating group) is 1. The summed E-state index contributed by atoms with van der Waals surface area (Å²) in [5.74, 6) is 1.76. The predicted octanol–water partition coefficient (Wildman–Crippen LogP) is 7.83. The van der Waals surface area contributed by atoms with Crippen molar-refractivity contribution in [3.05, 3.63) is 113 Å². The van der Waals surface area contributed by atoms with Crippen LogP contribution in [0.2, 0.25) is 0 Å². The third-order valence-corrected chi connectivity index (χ3v) is 7.16. The maximum atomic E-state index is 5.44. The molecule has 0 saturated carbocycles. The molecule has 0 unspecified atom stereocenters. The molecule has 1 aliphatic rings. The first-order valence-electron chi connectivity index (χ1n) is 12.0. The molecule has 0 amide bonds. The fraction of sp³-hybridized carbons (Fsp3) is 0.312. The molecule has 0 aliphatic carbocycles. The maximum Gasteiger partial charge on any atom is 0.119 e. The van der Waals surface area contributed by atoms with Crippen LogP contribution >= 0.6 is 0 Å². The van der Waals surface area contributed by atoms with Gasteiger partial charge < -0.3 is 14.4 Å². The van der Waals surface area contributed by atoms with Crippen molar-refractivity contribution >= 4 is 5.69 Å². The summed E-state index contributed by atoms with van der Waals surface area (Å²) in [4.78, 5) is 2.26. The lowest BCUT2D eigenvalue weighted by Gasteiger charge is -2.28. The molecule has 2 aromatic rings. The summed E-state index contributed by atoms with van der Waals surface area (Å²) in [6, 6.07) is 12.5. The van der Waals surface area contributed by atoms with Crippen LogP contribution in [0.15, 0.2) is 96.8 Å². The molecule has 3 nitrogen and oxygen atoms in total. The Hall–Kier alpha value is -3.46. The van der Waals surface area contributed by atoms with Crippen molar-refractivity contribution in [2.24, 2.45) is 0 Å². The lowest BCUT2D eigenvalue weighted by Crippen LogP contribution is -2.22. The molecular formula is C32H39NO2. The van der Waals surface area contributed by atoms with E-state index >= 15 is 0 Å². The van der Waals surface area contributed by atoms with E-state index in [1.165, 1.54) is 28.1 Å². The number of benzene rings is 2. The van der Waals surface area contributed by atoms with Crippen molar-refractivity contribution in [1.82, 2.24) is 0 Å². The first-order chi connectivity index (χ1) is 16.5. The van der Waals surface area contributed by atoms with Crippen LogP contribution in [-0.2, 0) is 10.8 Å². The molecule has 1 aliphatic heterocycles. The Morgan fingerprint density at radius 3 is 2.20 bits per heavy atom. The molecule has 0 spiro atoms. The Bertz CT molecular complexity index is 1210. The van der Waals surface area contributed by atoms with Gasteiger partial charge in [-0.2, -0.15) is 0 Å². The zero-order valence-corrected chi connectivity index (χ0v) is 22.5. The molecule has 0 fully saturated rings. The molecule has 0 atom stereocenters. The molecule has 0 bridgehead atoms. The van der Waals surface area contributed by atoms with Gasteiger partial charge in [0.1, 0.15) is 11.5 Å². The number of hydrogen-bond acceptors (Lipinski definition) is 3. The fourth-order valence-electron chi connectivity index (χ4n) is 4.74. The Balaban J connectivity index is 1.68. The molecule has 3 rings (SSSR count). The van der Waals surface area contributed by atoms with Crippen LogP contribution in [0, 0.1) is 6.92 Å². The summed E-state index contributed by atoms with van der Waals surface area (Å²) >= 11 is 0. The van der Waals surface area contributed by atoms with Gasteiger partial charge in [-0.05, 0) is 65.6 Å². The summed E-state index contributed by atoms with van der Waals surface area (Å²) < 4.78 is 10.9. The summed E-state index contributed by atoms with van der Waals surface area (Å²) in [6.45, 7) is 15.4. The number of rotatable bonds is 8. The van der Waals surface area contributed by atoms with Gasteiger partial charge in [0.15, 0.2) is 0 Å². The zero-order chi connectivity index (χ0) is 25.8. The van der Waals surface area contributed by atoms with Gasteiger partial charge in [0.05, 0.1) is 14.2 Å². The molecule has 0 saturated heterocycles. The van der Waals surface area contributed by atoms with Gasteiger partial charge in [0, 0.05) is 29.3 Å². The largest absolute Gasteiger partial charge is 0.497 e. The molecular weight excluding hydrogens is 430 g/mol. The summed E-state index contributed by atoms with van der Waals surface area (Å²) in [6.07, 6.45) is 14.6. The van der Waals surface area contributed by atoms with Gasteiger partial charge in [-0.15, -0.1) is 0 Å². The van der Waals surface area contributed by atoms with Crippen molar-refractivity contribution in [1.29, 1.82) is 0 Å². The standard InChI is InChI=1S/C32H39NO2/c1-23-17-18-25(34-8)21-27(23)31(3,4)24(2)15-13-11-10-12-14-16-30-32(5,6)28-22-26(35-9)19-20-29(28)33(30)7/h10-22H,2H2,1,3-9H3/b11-10+,14-12+,15-13+,30-16+. The maximum absolute atomic E-state index is 5.44. The van der Waals surface area contributed by atoms with E-state index in [2.05, 4.69) is 102 Å². The van der Waals surface area contributed by atoms with Gasteiger partial charge in [-0.1, -0.05) is 76.8 Å². The average Bonchev–Trinajstić information content (AvgIpc) is 3.02. The first-order valence-corrected chi connectivity index (χ1v) is 12.0. The smallest absolute Gasteiger partial charge is 0.119 e. The number of ether oxygens (including phenoxy) is 2. The van der Waals surface area contributed by atoms with E-state index in [4.69, 9.17) is 9.47 Å². The van der Waals surface area contributed by atoms with Crippen molar-refractivity contribution in [2.45, 2.75) is 45.4 Å². The number of allylic oxidation sites excluding steroid dienone is 9. The van der Waals surface area contributed by atoms with Crippen LogP contribution in [0.1, 0.15) is 44.4 Å². The monoisotopic (exact) mass is 469 g/mol. The minimum atomic E-state index is -0.195. The van der Waals surface area contributed by atoms with E-state index in [1.54, 1.807) is 14.2 Å². The van der Waals surface area contributed by atoms with Crippen LogP contribution in [0.5, 0.6) is 11.5 Å². The van der Waals surface area contributed by atoms with E-state index in [0.717, 1.165) is 17.1 Å². The molecule has 1 heterocycles. The second-order valence-corrected chi connectivity index (χ2v) is 10.1. The van der Waals surface area contributed by atoms with E-state index < -0.39 is 0 Å². The second-order valence-electron chi connectivity index (χ2n) is 10.1. The van der Waals surface area contributed by atoms with Gasteiger partial charge in [-0.25, -0.2) is 0 Å². The van der Waals surface area contributed by atoms with E-state index in [-0.39, 0.29) is 10.8 Å². The Kier molecular flexibility index (Phi) is 7.80.